The lowest BCUT2D eigenvalue weighted by Crippen LogP contribution is -2.57. The molecular formula is C15H20F2N2O. The van der Waals surface area contributed by atoms with Crippen molar-refractivity contribution in [2.75, 3.05) is 26.2 Å². The molecule has 1 fully saturated rings. The van der Waals surface area contributed by atoms with Gasteiger partial charge in [0.15, 0.2) is 17.4 Å². The van der Waals surface area contributed by atoms with Crippen LogP contribution >= 0.6 is 0 Å². The molecule has 20 heavy (non-hydrogen) atoms. The molecule has 2 rings (SSSR count). The van der Waals surface area contributed by atoms with E-state index in [0.29, 0.717) is 13.1 Å². The van der Waals surface area contributed by atoms with Crippen molar-refractivity contribution < 1.29 is 13.6 Å². The number of hydrogen-bond donors (Lipinski definition) is 1. The zero-order chi connectivity index (χ0) is 14.9. The summed E-state index contributed by atoms with van der Waals surface area (Å²) < 4.78 is 27.6. The van der Waals surface area contributed by atoms with Crippen molar-refractivity contribution in [3.8, 4) is 0 Å². The minimum Gasteiger partial charge on any atom is -0.314 e. The smallest absolute Gasteiger partial charge is 0.185 e. The quantitative estimate of drug-likeness (QED) is 0.862. The van der Waals surface area contributed by atoms with E-state index in [4.69, 9.17) is 0 Å². The maximum atomic E-state index is 14.0. The molecule has 0 spiro atoms. The lowest BCUT2D eigenvalue weighted by Gasteiger charge is -2.40. The molecule has 1 aromatic rings. The second-order valence-corrected chi connectivity index (χ2v) is 5.68. The number of piperazine rings is 1. The molecule has 0 radical (unpaired) electrons. The summed E-state index contributed by atoms with van der Waals surface area (Å²) in [6.45, 7) is 8.02. The van der Waals surface area contributed by atoms with Gasteiger partial charge in [-0.25, -0.2) is 8.78 Å². The van der Waals surface area contributed by atoms with Crippen LogP contribution in [0.5, 0.6) is 0 Å². The molecule has 0 aromatic heterocycles. The highest BCUT2D eigenvalue weighted by Crippen LogP contribution is 2.24. The molecule has 0 saturated carbocycles. The SMILES string of the molecule is Cc1ccc(C(=O)C(C)(C)N2CCNCC2)c(F)c1F. The Bertz CT molecular complexity index is 523. The highest BCUT2D eigenvalue weighted by atomic mass is 19.2. The Balaban J connectivity index is 2.32. The highest BCUT2D eigenvalue weighted by molar-refractivity contribution is 6.03. The number of halogens is 2. The predicted octanol–water partition coefficient (Wildman–Crippen LogP) is 2.14. The van der Waals surface area contributed by atoms with E-state index < -0.39 is 17.2 Å². The van der Waals surface area contributed by atoms with E-state index in [9.17, 15) is 13.6 Å². The van der Waals surface area contributed by atoms with Crippen LogP contribution in [0.1, 0.15) is 29.8 Å². The largest absolute Gasteiger partial charge is 0.314 e. The Morgan fingerprint density at radius 2 is 1.80 bits per heavy atom. The molecule has 0 amide bonds. The monoisotopic (exact) mass is 282 g/mol. The Morgan fingerprint density at radius 1 is 1.20 bits per heavy atom. The minimum atomic E-state index is -1.04. The zero-order valence-electron chi connectivity index (χ0n) is 12.1. The van der Waals surface area contributed by atoms with Crippen molar-refractivity contribution in [3.05, 3.63) is 34.9 Å². The first kappa shape index (κ1) is 15.1. The third kappa shape index (κ3) is 2.60. The van der Waals surface area contributed by atoms with E-state index in [-0.39, 0.29) is 16.9 Å². The summed E-state index contributed by atoms with van der Waals surface area (Å²) in [4.78, 5) is 14.6. The molecule has 1 aromatic carbocycles. The summed E-state index contributed by atoms with van der Waals surface area (Å²) in [5.41, 5.74) is -0.805. The highest BCUT2D eigenvalue weighted by Gasteiger charge is 2.37. The van der Waals surface area contributed by atoms with Crippen LogP contribution in [0.3, 0.4) is 0 Å². The Labute approximate surface area is 118 Å². The van der Waals surface area contributed by atoms with Gasteiger partial charge in [-0.05, 0) is 32.4 Å². The normalized spacial score (nSPS) is 17.2. The van der Waals surface area contributed by atoms with E-state index in [0.717, 1.165) is 13.1 Å². The molecule has 110 valence electrons. The number of ketones is 1. The molecule has 0 unspecified atom stereocenters. The van der Waals surface area contributed by atoms with E-state index >= 15 is 0 Å². The van der Waals surface area contributed by atoms with Crippen molar-refractivity contribution in [1.82, 2.24) is 10.2 Å². The van der Waals surface area contributed by atoms with E-state index in [2.05, 4.69) is 5.32 Å². The summed E-state index contributed by atoms with van der Waals surface area (Å²) in [6.07, 6.45) is 0. The first-order chi connectivity index (χ1) is 9.35. The number of carbonyl (C=O) groups excluding carboxylic acids is 1. The van der Waals surface area contributed by atoms with E-state index in [1.807, 2.05) is 4.90 Å². The van der Waals surface area contributed by atoms with Gasteiger partial charge in [0.25, 0.3) is 0 Å². The van der Waals surface area contributed by atoms with Crippen LogP contribution in [0.15, 0.2) is 12.1 Å². The maximum Gasteiger partial charge on any atom is 0.185 e. The number of carbonyl (C=O) groups is 1. The molecule has 0 atom stereocenters. The number of rotatable bonds is 3. The fraction of sp³-hybridized carbons (Fsp3) is 0.533. The van der Waals surface area contributed by atoms with Crippen LogP contribution in [-0.2, 0) is 0 Å². The molecule has 1 saturated heterocycles. The zero-order valence-corrected chi connectivity index (χ0v) is 12.1. The summed E-state index contributed by atoms with van der Waals surface area (Å²) in [7, 11) is 0. The molecule has 1 heterocycles. The second-order valence-electron chi connectivity index (χ2n) is 5.68. The molecule has 1 N–H and O–H groups in total. The number of hydrogen-bond acceptors (Lipinski definition) is 3. The lowest BCUT2D eigenvalue weighted by molar-refractivity contribution is 0.0597. The summed E-state index contributed by atoms with van der Waals surface area (Å²) >= 11 is 0. The fourth-order valence-corrected chi connectivity index (χ4v) is 2.52. The van der Waals surface area contributed by atoms with Crippen molar-refractivity contribution >= 4 is 5.78 Å². The van der Waals surface area contributed by atoms with Gasteiger partial charge < -0.3 is 5.32 Å². The average molecular weight is 282 g/mol. The topological polar surface area (TPSA) is 32.3 Å². The Kier molecular flexibility index (Phi) is 4.20. The van der Waals surface area contributed by atoms with Gasteiger partial charge in [0.2, 0.25) is 0 Å². The Hall–Kier alpha value is -1.33. The van der Waals surface area contributed by atoms with Crippen LogP contribution in [-0.4, -0.2) is 42.4 Å². The second kappa shape index (κ2) is 5.58. The third-order valence-corrected chi connectivity index (χ3v) is 3.98. The number of nitrogens with one attached hydrogen (secondary N) is 1. The number of nitrogens with zero attached hydrogens (tertiary/aromatic N) is 1. The summed E-state index contributed by atoms with van der Waals surface area (Å²) in [5.74, 6) is -2.36. The first-order valence-electron chi connectivity index (χ1n) is 6.81. The van der Waals surface area contributed by atoms with Gasteiger partial charge in [-0.2, -0.15) is 0 Å². The van der Waals surface area contributed by atoms with Crippen molar-refractivity contribution in [3.63, 3.8) is 0 Å². The third-order valence-electron chi connectivity index (χ3n) is 3.98. The van der Waals surface area contributed by atoms with Gasteiger partial charge >= 0.3 is 0 Å². The van der Waals surface area contributed by atoms with Gasteiger partial charge in [-0.15, -0.1) is 0 Å². The van der Waals surface area contributed by atoms with Gasteiger partial charge in [0.05, 0.1) is 11.1 Å². The van der Waals surface area contributed by atoms with Crippen molar-refractivity contribution in [2.45, 2.75) is 26.3 Å². The molecular weight excluding hydrogens is 262 g/mol. The van der Waals surface area contributed by atoms with Crippen molar-refractivity contribution in [2.24, 2.45) is 0 Å². The minimum absolute atomic E-state index is 0.170. The number of Topliss-reactive ketones (excluding diaryl/α,β-unsaturated/α-hetero) is 1. The van der Waals surface area contributed by atoms with Gasteiger partial charge in [0, 0.05) is 26.2 Å². The van der Waals surface area contributed by atoms with Crippen molar-refractivity contribution in [1.29, 1.82) is 0 Å². The summed E-state index contributed by atoms with van der Waals surface area (Å²) in [5, 5.41) is 3.21. The van der Waals surface area contributed by atoms with E-state index in [1.54, 1.807) is 13.8 Å². The maximum absolute atomic E-state index is 14.0. The molecule has 1 aliphatic heterocycles. The van der Waals surface area contributed by atoms with Gasteiger partial charge in [-0.1, -0.05) is 6.07 Å². The lowest BCUT2D eigenvalue weighted by atomic mass is 9.90. The number of benzene rings is 1. The van der Waals surface area contributed by atoms with Crippen LogP contribution in [0.25, 0.3) is 0 Å². The number of aryl methyl sites for hydroxylation is 1. The molecule has 5 heteroatoms. The average Bonchev–Trinajstić information content (AvgIpc) is 2.45. The van der Waals surface area contributed by atoms with E-state index in [1.165, 1.54) is 19.1 Å². The molecule has 1 aliphatic rings. The van der Waals surface area contributed by atoms with Gasteiger partial charge in [-0.3, -0.25) is 9.69 Å². The molecule has 0 aliphatic carbocycles. The van der Waals surface area contributed by atoms with Crippen LogP contribution < -0.4 is 5.32 Å². The molecule has 3 nitrogen and oxygen atoms in total. The standard InChI is InChI=1S/C15H20F2N2O/c1-10-4-5-11(13(17)12(10)16)14(20)15(2,3)19-8-6-18-7-9-19/h4-5,18H,6-9H2,1-3H3. The first-order valence-corrected chi connectivity index (χ1v) is 6.81. The predicted molar refractivity (Wildman–Crippen MR) is 73.9 cm³/mol. The van der Waals surface area contributed by atoms with Crippen LogP contribution in [0, 0.1) is 18.6 Å². The molecule has 0 bridgehead atoms. The van der Waals surface area contributed by atoms with Gasteiger partial charge in [0.1, 0.15) is 0 Å². The fourth-order valence-electron chi connectivity index (χ4n) is 2.52. The van der Waals surface area contributed by atoms with Crippen LogP contribution in [0.2, 0.25) is 0 Å². The van der Waals surface area contributed by atoms with Crippen LogP contribution in [0.4, 0.5) is 8.78 Å². The Morgan fingerprint density at radius 3 is 2.40 bits per heavy atom. The summed E-state index contributed by atoms with van der Waals surface area (Å²) in [6, 6.07) is 2.82.